The molecule has 0 radical (unpaired) electrons. The van der Waals surface area contributed by atoms with E-state index in [9.17, 15) is 18.5 Å². The maximum atomic E-state index is 13.1. The number of nitro groups is 1. The largest absolute Gasteiger partial charge is 0.497 e. The summed E-state index contributed by atoms with van der Waals surface area (Å²) in [4.78, 5) is 15.5. The summed E-state index contributed by atoms with van der Waals surface area (Å²) < 4.78 is 35.5. The Morgan fingerprint density at radius 2 is 2.00 bits per heavy atom. The number of benzene rings is 2. The number of non-ortho nitro benzene ring substituents is 1. The summed E-state index contributed by atoms with van der Waals surface area (Å²) in [7, 11) is -2.69. The fraction of sp³-hybridized carbons (Fsp3) is 0.100. The van der Waals surface area contributed by atoms with Crippen LogP contribution in [0.3, 0.4) is 0 Å². The summed E-state index contributed by atoms with van der Waals surface area (Å²) in [5.41, 5.74) is 4.13. The SMILES string of the molecule is COc1ccc(NS(=O)(=O)c2cc([N+](=O)[O-])ccc2NN=Cc2c(C)nc3sccn23)cc1. The Labute approximate surface area is 192 Å². The molecule has 33 heavy (non-hydrogen) atoms. The highest BCUT2D eigenvalue weighted by molar-refractivity contribution is 7.92. The molecule has 0 unspecified atom stereocenters. The first-order valence-electron chi connectivity index (χ1n) is 9.45. The van der Waals surface area contributed by atoms with E-state index in [-0.39, 0.29) is 22.0 Å². The summed E-state index contributed by atoms with van der Waals surface area (Å²) in [6.45, 7) is 1.83. The molecular formula is C20H18N6O5S2. The van der Waals surface area contributed by atoms with E-state index in [2.05, 4.69) is 20.2 Å². The van der Waals surface area contributed by atoms with Gasteiger partial charge in [0.15, 0.2) is 4.96 Å². The minimum atomic E-state index is -4.19. The number of hydrogen-bond donors (Lipinski definition) is 2. The zero-order valence-corrected chi connectivity index (χ0v) is 19.1. The molecule has 0 fully saturated rings. The van der Waals surface area contributed by atoms with Crippen LogP contribution in [0.1, 0.15) is 11.4 Å². The van der Waals surface area contributed by atoms with Crippen molar-refractivity contribution in [1.82, 2.24) is 9.38 Å². The molecule has 2 aromatic heterocycles. The van der Waals surface area contributed by atoms with E-state index in [0.29, 0.717) is 5.75 Å². The van der Waals surface area contributed by atoms with Crippen molar-refractivity contribution in [3.05, 3.63) is 75.5 Å². The Morgan fingerprint density at radius 3 is 2.70 bits per heavy atom. The minimum Gasteiger partial charge on any atom is -0.497 e. The number of anilines is 2. The third kappa shape index (κ3) is 4.63. The van der Waals surface area contributed by atoms with Crippen molar-refractivity contribution < 1.29 is 18.1 Å². The number of sulfonamides is 1. The van der Waals surface area contributed by atoms with Gasteiger partial charge in [0.25, 0.3) is 15.7 Å². The molecule has 13 heteroatoms. The van der Waals surface area contributed by atoms with Crippen LogP contribution in [0.15, 0.2) is 64.0 Å². The number of fused-ring (bicyclic) bond motifs is 1. The number of thiazole rings is 1. The van der Waals surface area contributed by atoms with E-state index >= 15 is 0 Å². The average molecular weight is 487 g/mol. The molecule has 0 atom stereocenters. The molecule has 11 nitrogen and oxygen atoms in total. The molecule has 0 spiro atoms. The quantitative estimate of drug-likeness (QED) is 0.219. The lowest BCUT2D eigenvalue weighted by Gasteiger charge is -2.12. The number of methoxy groups -OCH3 is 1. The van der Waals surface area contributed by atoms with Crippen LogP contribution in [0.25, 0.3) is 4.96 Å². The van der Waals surface area contributed by atoms with Crippen molar-refractivity contribution in [2.45, 2.75) is 11.8 Å². The number of nitro benzene ring substituents is 1. The van der Waals surface area contributed by atoms with E-state index in [1.807, 2.05) is 22.9 Å². The van der Waals surface area contributed by atoms with E-state index in [0.717, 1.165) is 22.4 Å². The van der Waals surface area contributed by atoms with E-state index in [4.69, 9.17) is 4.74 Å². The van der Waals surface area contributed by atoms with Crippen LogP contribution in [0.2, 0.25) is 0 Å². The smallest absolute Gasteiger partial charge is 0.270 e. The lowest BCUT2D eigenvalue weighted by atomic mass is 10.3. The standard InChI is InChI=1S/C20H18N6O5S2/c1-13-18(25-9-10-32-20(25)22-13)12-21-23-17-8-5-15(26(27)28)11-19(17)33(29,30)24-14-3-6-16(31-2)7-4-14/h3-12,23-24H,1-2H3. The van der Waals surface area contributed by atoms with Gasteiger partial charge >= 0.3 is 0 Å². The van der Waals surface area contributed by atoms with Crippen LogP contribution in [-0.2, 0) is 10.0 Å². The molecule has 0 aliphatic rings. The van der Waals surface area contributed by atoms with Gasteiger partial charge in [-0.15, -0.1) is 11.3 Å². The first kappa shape index (κ1) is 22.2. The predicted molar refractivity (Wildman–Crippen MR) is 126 cm³/mol. The summed E-state index contributed by atoms with van der Waals surface area (Å²) in [6, 6.07) is 9.69. The van der Waals surface area contributed by atoms with Gasteiger partial charge in [-0.1, -0.05) is 0 Å². The second kappa shape index (κ2) is 8.88. The minimum absolute atomic E-state index is 0.0709. The lowest BCUT2D eigenvalue weighted by Crippen LogP contribution is -2.15. The van der Waals surface area contributed by atoms with Crippen molar-refractivity contribution in [1.29, 1.82) is 0 Å². The van der Waals surface area contributed by atoms with Crippen molar-refractivity contribution in [2.75, 3.05) is 17.3 Å². The van der Waals surface area contributed by atoms with Gasteiger partial charge in [0.2, 0.25) is 0 Å². The highest BCUT2D eigenvalue weighted by Crippen LogP contribution is 2.29. The molecule has 2 heterocycles. The summed E-state index contributed by atoms with van der Waals surface area (Å²) in [5.74, 6) is 0.555. The van der Waals surface area contributed by atoms with Crippen LogP contribution in [0.5, 0.6) is 5.75 Å². The molecule has 4 rings (SSSR count). The lowest BCUT2D eigenvalue weighted by molar-refractivity contribution is -0.385. The van der Waals surface area contributed by atoms with Gasteiger partial charge in [-0.05, 0) is 37.3 Å². The van der Waals surface area contributed by atoms with Gasteiger partial charge in [0.1, 0.15) is 10.6 Å². The van der Waals surface area contributed by atoms with Crippen molar-refractivity contribution in [3.63, 3.8) is 0 Å². The van der Waals surface area contributed by atoms with Crippen molar-refractivity contribution >= 4 is 49.6 Å². The van der Waals surface area contributed by atoms with Crippen LogP contribution in [-0.4, -0.2) is 36.1 Å². The Bertz CT molecular complexity index is 1460. The number of nitrogens with one attached hydrogen (secondary N) is 2. The van der Waals surface area contributed by atoms with Gasteiger partial charge in [-0.2, -0.15) is 5.10 Å². The van der Waals surface area contributed by atoms with Crippen LogP contribution < -0.4 is 14.9 Å². The van der Waals surface area contributed by atoms with Gasteiger partial charge in [-0.3, -0.25) is 24.7 Å². The van der Waals surface area contributed by atoms with Crippen LogP contribution in [0, 0.1) is 17.0 Å². The van der Waals surface area contributed by atoms with Crippen LogP contribution >= 0.6 is 11.3 Å². The molecule has 0 bridgehead atoms. The molecule has 0 saturated carbocycles. The van der Waals surface area contributed by atoms with Gasteiger partial charge in [0.05, 0.1) is 35.3 Å². The summed E-state index contributed by atoms with van der Waals surface area (Å²) in [5, 5.41) is 17.3. The highest BCUT2D eigenvalue weighted by Gasteiger charge is 2.23. The molecular weight excluding hydrogens is 468 g/mol. The number of hydrazone groups is 1. The molecule has 0 aliphatic carbocycles. The average Bonchev–Trinajstić information content (AvgIpc) is 3.35. The Hall–Kier alpha value is -3.97. The number of aromatic nitrogens is 2. The monoisotopic (exact) mass is 486 g/mol. The Balaban J connectivity index is 1.66. The van der Waals surface area contributed by atoms with Crippen LogP contribution in [0.4, 0.5) is 17.1 Å². The Kier molecular flexibility index (Phi) is 5.98. The maximum Gasteiger partial charge on any atom is 0.270 e. The van der Waals surface area contributed by atoms with Gasteiger partial charge in [-0.25, -0.2) is 13.4 Å². The third-order valence-corrected chi connectivity index (χ3v) is 6.84. The number of ether oxygens (including phenoxy) is 1. The van der Waals surface area contributed by atoms with Crippen molar-refractivity contribution in [2.24, 2.45) is 5.10 Å². The zero-order chi connectivity index (χ0) is 23.6. The topological polar surface area (TPSA) is 140 Å². The first-order valence-corrected chi connectivity index (χ1v) is 11.8. The second-order valence-electron chi connectivity index (χ2n) is 6.78. The molecule has 170 valence electrons. The molecule has 4 aromatic rings. The molecule has 0 amide bonds. The number of rotatable bonds is 8. The third-order valence-electron chi connectivity index (χ3n) is 4.66. The highest BCUT2D eigenvalue weighted by atomic mass is 32.2. The number of nitrogens with zero attached hydrogens (tertiary/aromatic N) is 4. The maximum absolute atomic E-state index is 13.1. The molecule has 0 aliphatic heterocycles. The second-order valence-corrected chi connectivity index (χ2v) is 9.30. The van der Waals surface area contributed by atoms with E-state index in [1.165, 1.54) is 48.9 Å². The summed E-state index contributed by atoms with van der Waals surface area (Å²) in [6.07, 6.45) is 3.36. The fourth-order valence-corrected chi connectivity index (χ4v) is 5.04. The van der Waals surface area contributed by atoms with E-state index in [1.54, 1.807) is 12.1 Å². The first-order chi connectivity index (χ1) is 15.8. The molecule has 2 aromatic carbocycles. The Morgan fingerprint density at radius 1 is 1.24 bits per heavy atom. The summed E-state index contributed by atoms with van der Waals surface area (Å²) >= 11 is 1.48. The van der Waals surface area contributed by atoms with Gasteiger partial charge in [0, 0.05) is 29.4 Å². The normalized spacial score (nSPS) is 11.7. The zero-order valence-electron chi connectivity index (χ0n) is 17.4. The fourth-order valence-electron chi connectivity index (χ4n) is 3.04. The number of aryl methyl sites for hydroxylation is 1. The van der Waals surface area contributed by atoms with Crippen molar-refractivity contribution in [3.8, 4) is 5.75 Å². The number of hydrogen-bond acceptors (Lipinski definition) is 9. The van der Waals surface area contributed by atoms with Gasteiger partial charge < -0.3 is 4.74 Å². The van der Waals surface area contributed by atoms with E-state index < -0.39 is 14.9 Å². The predicted octanol–water partition coefficient (Wildman–Crippen LogP) is 3.87. The molecule has 2 N–H and O–H groups in total. The number of imidazole rings is 1. The molecule has 0 saturated heterocycles.